The van der Waals surface area contributed by atoms with Crippen LogP contribution in [0.25, 0.3) is 0 Å². The van der Waals surface area contributed by atoms with Gasteiger partial charge in [0.2, 0.25) is 17.7 Å². The van der Waals surface area contributed by atoms with Crippen LogP contribution >= 0.6 is 11.6 Å². The maximum Gasteiger partial charge on any atom is 0.245 e. The highest BCUT2D eigenvalue weighted by Crippen LogP contribution is 2.38. The molecule has 0 spiro atoms. The zero-order chi connectivity index (χ0) is 29.2. The van der Waals surface area contributed by atoms with E-state index in [0.29, 0.717) is 69.0 Å². The van der Waals surface area contributed by atoms with Crippen molar-refractivity contribution < 1.29 is 23.5 Å². The maximum absolute atomic E-state index is 15.1. The number of halogens is 2. The third-order valence-corrected chi connectivity index (χ3v) is 8.68. The first-order valence-electron chi connectivity index (χ1n) is 14.5. The van der Waals surface area contributed by atoms with Crippen LogP contribution in [0.2, 0.25) is 5.02 Å². The number of likely N-dealkylation sites (tertiary alicyclic amines) is 1. The summed E-state index contributed by atoms with van der Waals surface area (Å²) in [7, 11) is 0. The summed E-state index contributed by atoms with van der Waals surface area (Å²) in [5, 5.41) is 3.16. The highest BCUT2D eigenvalue weighted by molar-refractivity contribution is 6.30. The Hall–Kier alpha value is -2.23. The molecule has 4 rings (SSSR count). The molecule has 222 valence electrons. The predicted octanol–water partition coefficient (Wildman–Crippen LogP) is 3.67. The average Bonchev–Trinajstić information content (AvgIpc) is 3.32. The molecular weight excluding hydrogens is 535 g/mol. The van der Waals surface area contributed by atoms with Gasteiger partial charge in [-0.3, -0.25) is 19.3 Å². The van der Waals surface area contributed by atoms with Gasteiger partial charge in [0, 0.05) is 75.9 Å². The van der Waals surface area contributed by atoms with Crippen LogP contribution in [-0.2, 0) is 19.1 Å². The van der Waals surface area contributed by atoms with Gasteiger partial charge in [-0.25, -0.2) is 4.39 Å². The number of piperazine rings is 1. The lowest BCUT2D eigenvalue weighted by Gasteiger charge is -2.43. The third kappa shape index (κ3) is 7.34. The Balaban J connectivity index is 1.50. The number of hydrogen-bond acceptors (Lipinski definition) is 5. The summed E-state index contributed by atoms with van der Waals surface area (Å²) in [4.78, 5) is 45.3. The zero-order valence-electron chi connectivity index (χ0n) is 24.4. The minimum atomic E-state index is -0.605. The van der Waals surface area contributed by atoms with Crippen molar-refractivity contribution in [1.29, 1.82) is 0 Å². The fourth-order valence-electron chi connectivity index (χ4n) is 6.53. The van der Waals surface area contributed by atoms with Gasteiger partial charge >= 0.3 is 0 Å². The fourth-order valence-corrected chi connectivity index (χ4v) is 6.69. The summed E-state index contributed by atoms with van der Waals surface area (Å²) >= 11 is 6.04. The number of nitrogens with zero attached hydrogens (tertiary/aromatic N) is 3. The van der Waals surface area contributed by atoms with Crippen molar-refractivity contribution in [2.24, 2.45) is 11.3 Å². The van der Waals surface area contributed by atoms with Crippen molar-refractivity contribution in [1.82, 2.24) is 20.0 Å². The van der Waals surface area contributed by atoms with Crippen molar-refractivity contribution in [3.63, 3.8) is 0 Å². The number of carbonyl (C=O) groups is 3. The first-order chi connectivity index (χ1) is 18.8. The van der Waals surface area contributed by atoms with Crippen LogP contribution in [0.3, 0.4) is 0 Å². The van der Waals surface area contributed by atoms with Gasteiger partial charge in [-0.1, -0.05) is 38.4 Å². The van der Waals surface area contributed by atoms with E-state index in [9.17, 15) is 14.4 Å². The number of rotatable bonds is 6. The molecule has 4 atom stereocenters. The molecule has 3 fully saturated rings. The molecule has 40 heavy (non-hydrogen) atoms. The number of hydrogen-bond donors (Lipinski definition) is 1. The molecule has 10 heteroatoms. The average molecular weight is 579 g/mol. The second kappa shape index (κ2) is 12.7. The summed E-state index contributed by atoms with van der Waals surface area (Å²) in [5.74, 6) is -1.40. The summed E-state index contributed by atoms with van der Waals surface area (Å²) in [6.45, 7) is 13.3. The van der Waals surface area contributed by atoms with Crippen LogP contribution in [0.15, 0.2) is 18.2 Å². The number of amides is 3. The van der Waals surface area contributed by atoms with Crippen LogP contribution < -0.4 is 5.32 Å². The first-order valence-corrected chi connectivity index (χ1v) is 14.8. The number of carbonyl (C=O) groups excluding carboxylic acids is 3. The molecule has 0 bridgehead atoms. The highest BCUT2D eigenvalue weighted by Gasteiger charge is 2.45. The Kier molecular flexibility index (Phi) is 9.78. The Bertz CT molecular complexity index is 1090. The molecule has 1 N–H and O–H groups in total. The molecule has 0 radical (unpaired) electrons. The van der Waals surface area contributed by atoms with Crippen molar-refractivity contribution in [2.75, 3.05) is 45.9 Å². The van der Waals surface area contributed by atoms with Crippen molar-refractivity contribution in [2.45, 2.75) is 77.9 Å². The number of nitrogens with one attached hydrogen (secondary N) is 1. The van der Waals surface area contributed by atoms with Gasteiger partial charge in [-0.05, 0) is 49.3 Å². The molecule has 3 aliphatic heterocycles. The van der Waals surface area contributed by atoms with Crippen LogP contribution in [0, 0.1) is 17.2 Å². The third-order valence-electron chi connectivity index (χ3n) is 8.45. The van der Waals surface area contributed by atoms with Crippen LogP contribution in [0.1, 0.15) is 65.4 Å². The van der Waals surface area contributed by atoms with Gasteiger partial charge in [-0.2, -0.15) is 0 Å². The zero-order valence-corrected chi connectivity index (χ0v) is 25.2. The molecule has 3 heterocycles. The molecule has 3 amide bonds. The smallest absolute Gasteiger partial charge is 0.245 e. The van der Waals surface area contributed by atoms with Gasteiger partial charge < -0.3 is 19.9 Å². The first kappa shape index (κ1) is 30.7. The second-order valence-electron chi connectivity index (χ2n) is 12.9. The largest absolute Gasteiger partial charge is 0.381 e. The maximum atomic E-state index is 15.1. The molecule has 0 unspecified atom stereocenters. The second-order valence-corrected chi connectivity index (χ2v) is 13.3. The monoisotopic (exact) mass is 578 g/mol. The SMILES string of the molecule is CC(=O)N[C@@H](CC(C)(C)C)C(=O)N1CCN(C(=O)[C@@H]2CN(C3CCOCC3)C[C@H]2c2ccc(Cl)cc2F)[C@@H](C)C1. The van der Waals surface area contributed by atoms with E-state index < -0.39 is 12.0 Å². The van der Waals surface area contributed by atoms with Crippen molar-refractivity contribution in [3.05, 3.63) is 34.6 Å². The standard InChI is InChI=1S/C30H44ClFN4O4/c1-19-16-34(29(39)27(33-20(2)37)15-30(3,4)5)10-11-36(19)28(38)25-18-35(22-8-12-40-13-9-22)17-24(25)23-7-6-21(31)14-26(23)32/h6-7,14,19,22,24-25,27H,8-13,15-18H2,1-5H3,(H,33,37)/t19-,24-,25+,27-/m0/s1. The molecule has 0 aliphatic carbocycles. The lowest BCUT2D eigenvalue weighted by molar-refractivity contribution is -0.147. The highest BCUT2D eigenvalue weighted by atomic mass is 35.5. The Morgan fingerprint density at radius 2 is 1.82 bits per heavy atom. The predicted molar refractivity (Wildman–Crippen MR) is 152 cm³/mol. The quantitative estimate of drug-likeness (QED) is 0.557. The van der Waals surface area contributed by atoms with E-state index >= 15 is 4.39 Å². The molecule has 0 saturated carbocycles. The number of benzene rings is 1. The fraction of sp³-hybridized carbons (Fsp3) is 0.700. The summed E-state index contributed by atoms with van der Waals surface area (Å²) in [6.07, 6.45) is 2.33. The molecule has 1 aromatic rings. The minimum absolute atomic E-state index is 0.00149. The van der Waals surface area contributed by atoms with Crippen molar-refractivity contribution >= 4 is 29.3 Å². The molecule has 3 saturated heterocycles. The molecule has 3 aliphatic rings. The molecular formula is C30H44ClFN4O4. The summed E-state index contributed by atoms with van der Waals surface area (Å²) in [5.41, 5.74) is 0.385. The van der Waals surface area contributed by atoms with Gasteiger partial charge in [0.15, 0.2) is 0 Å². The number of ether oxygens (including phenoxy) is 1. The minimum Gasteiger partial charge on any atom is -0.381 e. The topological polar surface area (TPSA) is 82.2 Å². The van der Waals surface area contributed by atoms with E-state index in [-0.39, 0.29) is 40.9 Å². The van der Waals surface area contributed by atoms with Gasteiger partial charge in [0.1, 0.15) is 11.9 Å². The Morgan fingerprint density at radius 1 is 1.12 bits per heavy atom. The summed E-state index contributed by atoms with van der Waals surface area (Å²) < 4.78 is 20.7. The van der Waals surface area contributed by atoms with E-state index in [1.54, 1.807) is 17.0 Å². The Morgan fingerprint density at radius 3 is 2.42 bits per heavy atom. The molecule has 1 aromatic carbocycles. The van der Waals surface area contributed by atoms with Crippen LogP contribution in [0.4, 0.5) is 4.39 Å². The molecule has 0 aromatic heterocycles. The van der Waals surface area contributed by atoms with Gasteiger partial charge in [0.25, 0.3) is 0 Å². The van der Waals surface area contributed by atoms with Gasteiger partial charge in [-0.15, -0.1) is 0 Å². The normalized spacial score (nSPS) is 25.6. The van der Waals surface area contributed by atoms with E-state index in [1.165, 1.54) is 13.0 Å². The lowest BCUT2D eigenvalue weighted by Crippen LogP contribution is -2.60. The van der Waals surface area contributed by atoms with Crippen molar-refractivity contribution in [3.8, 4) is 0 Å². The lowest BCUT2D eigenvalue weighted by atomic mass is 9.86. The van der Waals surface area contributed by atoms with E-state index in [4.69, 9.17) is 16.3 Å². The van der Waals surface area contributed by atoms with Gasteiger partial charge in [0.05, 0.1) is 5.92 Å². The van der Waals surface area contributed by atoms with E-state index in [0.717, 1.165) is 12.8 Å². The Labute approximate surface area is 242 Å². The van der Waals surface area contributed by atoms with E-state index in [2.05, 4.69) is 10.2 Å². The molecule has 8 nitrogen and oxygen atoms in total. The van der Waals surface area contributed by atoms with Crippen LogP contribution in [-0.4, -0.2) is 96.5 Å². The van der Waals surface area contributed by atoms with E-state index in [1.807, 2.05) is 32.6 Å². The van der Waals surface area contributed by atoms with Crippen LogP contribution in [0.5, 0.6) is 0 Å². The summed E-state index contributed by atoms with van der Waals surface area (Å²) in [6, 6.07) is 4.23.